The number of hydrogen-bond donors (Lipinski definition) is 1. The molecule has 2 aromatic carbocycles. The van der Waals surface area contributed by atoms with Crippen LogP contribution in [0.3, 0.4) is 0 Å². The van der Waals surface area contributed by atoms with Crippen LogP contribution in [0.15, 0.2) is 59.0 Å². The maximum atomic E-state index is 11.5. The third-order valence-corrected chi connectivity index (χ3v) is 3.86. The summed E-state index contributed by atoms with van der Waals surface area (Å²) in [5, 5.41) is 9.39. The van der Waals surface area contributed by atoms with Crippen LogP contribution in [-0.2, 0) is 6.42 Å². The fourth-order valence-corrected chi connectivity index (χ4v) is 2.71. The number of aryl methyl sites for hydroxylation is 1. The van der Waals surface area contributed by atoms with Crippen LogP contribution >= 0.6 is 0 Å². The molecule has 0 saturated heterocycles. The van der Waals surface area contributed by atoms with Crippen LogP contribution in [0.1, 0.15) is 23.2 Å². The summed E-state index contributed by atoms with van der Waals surface area (Å²) in [5.41, 5.74) is 3.41. The van der Waals surface area contributed by atoms with E-state index in [-0.39, 0.29) is 11.4 Å². The van der Waals surface area contributed by atoms with Crippen molar-refractivity contribution in [3.8, 4) is 22.3 Å². The molecular formula is C20H15NO3. The fourth-order valence-electron chi connectivity index (χ4n) is 2.71. The smallest absolute Gasteiger partial charge is 0.371 e. The molecule has 0 bridgehead atoms. The van der Waals surface area contributed by atoms with Crippen LogP contribution in [0.5, 0.6) is 0 Å². The molecule has 118 valence electrons. The topological polar surface area (TPSA) is 54.8 Å². The van der Waals surface area contributed by atoms with E-state index >= 15 is 0 Å². The van der Waals surface area contributed by atoms with Gasteiger partial charge in [0.15, 0.2) is 0 Å². The highest BCUT2D eigenvalue weighted by molar-refractivity contribution is 5.99. The number of hydrogen-bond acceptors (Lipinski definition) is 2. The summed E-state index contributed by atoms with van der Waals surface area (Å²) in [5.74, 6) is -0.934. The van der Waals surface area contributed by atoms with Gasteiger partial charge in [-0.25, -0.2) is 9.64 Å². The number of nitrogens with zero attached hydrogens (tertiary/aromatic N) is 1. The lowest BCUT2D eigenvalue weighted by Gasteiger charge is -2.05. The predicted octanol–water partition coefficient (Wildman–Crippen LogP) is 5.42. The monoisotopic (exact) mass is 317 g/mol. The van der Waals surface area contributed by atoms with Gasteiger partial charge in [-0.1, -0.05) is 61.5 Å². The molecule has 0 fully saturated rings. The van der Waals surface area contributed by atoms with E-state index in [0.717, 1.165) is 11.1 Å². The second-order valence-corrected chi connectivity index (χ2v) is 5.29. The lowest BCUT2D eigenvalue weighted by molar-refractivity contribution is 0.0661. The Bertz CT molecular complexity index is 916. The Kier molecular flexibility index (Phi) is 4.17. The Morgan fingerprint density at radius 3 is 2.17 bits per heavy atom. The SMILES string of the molecule is [C-]#[N+]c1c(CC)oc(C(=O)O)c1-c1ccc(-c2ccccc2)cc1. The molecule has 0 unspecified atom stereocenters. The van der Waals surface area contributed by atoms with Crippen LogP contribution in [0.2, 0.25) is 0 Å². The molecule has 4 heteroatoms. The number of aromatic carboxylic acids is 1. The van der Waals surface area contributed by atoms with Crippen molar-refractivity contribution in [2.45, 2.75) is 13.3 Å². The zero-order chi connectivity index (χ0) is 17.1. The summed E-state index contributed by atoms with van der Waals surface area (Å²) in [4.78, 5) is 15.0. The van der Waals surface area contributed by atoms with Crippen molar-refractivity contribution < 1.29 is 14.3 Å². The molecule has 24 heavy (non-hydrogen) atoms. The van der Waals surface area contributed by atoms with Gasteiger partial charge < -0.3 is 9.52 Å². The first kappa shape index (κ1) is 15.6. The van der Waals surface area contributed by atoms with E-state index in [9.17, 15) is 9.90 Å². The van der Waals surface area contributed by atoms with Gasteiger partial charge in [-0.2, -0.15) is 0 Å². The van der Waals surface area contributed by atoms with Crippen molar-refractivity contribution in [3.63, 3.8) is 0 Å². The molecule has 0 aliphatic carbocycles. The summed E-state index contributed by atoms with van der Waals surface area (Å²) < 4.78 is 5.40. The van der Waals surface area contributed by atoms with Gasteiger partial charge in [-0.05, 0) is 23.1 Å². The summed E-state index contributed by atoms with van der Waals surface area (Å²) in [6.07, 6.45) is 0.472. The van der Waals surface area contributed by atoms with Crippen LogP contribution in [0.25, 0.3) is 27.1 Å². The number of carboxylic acids is 1. The molecule has 0 atom stereocenters. The lowest BCUT2D eigenvalue weighted by Crippen LogP contribution is -1.96. The van der Waals surface area contributed by atoms with Crippen molar-refractivity contribution in [3.05, 3.63) is 77.5 Å². The summed E-state index contributed by atoms with van der Waals surface area (Å²) in [6.45, 7) is 9.22. The number of furan rings is 1. The molecular weight excluding hydrogens is 302 g/mol. The van der Waals surface area contributed by atoms with E-state index in [2.05, 4.69) is 4.85 Å². The summed E-state index contributed by atoms with van der Waals surface area (Å²) >= 11 is 0. The van der Waals surface area contributed by atoms with Crippen LogP contribution in [-0.4, -0.2) is 11.1 Å². The lowest BCUT2D eigenvalue weighted by atomic mass is 9.99. The molecule has 1 heterocycles. The zero-order valence-electron chi connectivity index (χ0n) is 13.1. The first-order valence-corrected chi connectivity index (χ1v) is 7.58. The summed E-state index contributed by atoms with van der Waals surface area (Å²) in [7, 11) is 0. The van der Waals surface area contributed by atoms with Crippen molar-refractivity contribution >= 4 is 11.7 Å². The van der Waals surface area contributed by atoms with Crippen molar-refractivity contribution in [2.24, 2.45) is 0 Å². The van der Waals surface area contributed by atoms with E-state index in [1.807, 2.05) is 61.5 Å². The van der Waals surface area contributed by atoms with E-state index in [1.54, 1.807) is 0 Å². The van der Waals surface area contributed by atoms with Gasteiger partial charge in [0, 0.05) is 5.56 Å². The van der Waals surface area contributed by atoms with Crippen molar-refractivity contribution in [2.75, 3.05) is 0 Å². The highest BCUT2D eigenvalue weighted by Gasteiger charge is 2.25. The largest absolute Gasteiger partial charge is 0.475 e. The minimum absolute atomic E-state index is 0.176. The molecule has 4 nitrogen and oxygen atoms in total. The first-order valence-electron chi connectivity index (χ1n) is 7.58. The number of carboxylic acid groups (broad SMARTS) is 1. The van der Waals surface area contributed by atoms with Crippen LogP contribution in [0, 0.1) is 6.57 Å². The molecule has 1 aromatic heterocycles. The Hall–Kier alpha value is -3.32. The Morgan fingerprint density at radius 1 is 1.04 bits per heavy atom. The van der Waals surface area contributed by atoms with Gasteiger partial charge in [0.25, 0.3) is 0 Å². The molecule has 0 saturated carbocycles. The molecule has 3 rings (SSSR count). The van der Waals surface area contributed by atoms with Gasteiger partial charge in [0.2, 0.25) is 11.4 Å². The number of carbonyl (C=O) groups is 1. The van der Waals surface area contributed by atoms with Crippen molar-refractivity contribution in [1.82, 2.24) is 0 Å². The normalized spacial score (nSPS) is 10.3. The minimum Gasteiger partial charge on any atom is -0.475 e. The third-order valence-electron chi connectivity index (χ3n) is 3.86. The molecule has 0 spiro atoms. The molecule has 0 aliphatic heterocycles. The minimum atomic E-state index is -1.17. The maximum absolute atomic E-state index is 11.5. The standard InChI is InChI=1S/C20H15NO3/c1-3-16-18(21-2)17(19(24-16)20(22)23)15-11-9-14(10-12-15)13-7-5-4-6-8-13/h4-12H,3H2,1H3,(H,22,23). The maximum Gasteiger partial charge on any atom is 0.371 e. The van der Waals surface area contributed by atoms with Gasteiger partial charge in [-0.15, -0.1) is 0 Å². The Morgan fingerprint density at radius 2 is 1.62 bits per heavy atom. The second-order valence-electron chi connectivity index (χ2n) is 5.29. The van der Waals surface area contributed by atoms with E-state index in [4.69, 9.17) is 11.0 Å². The Balaban J connectivity index is 2.11. The quantitative estimate of drug-likeness (QED) is 0.653. The van der Waals surface area contributed by atoms with E-state index in [0.29, 0.717) is 23.3 Å². The van der Waals surface area contributed by atoms with E-state index in [1.165, 1.54) is 0 Å². The average molecular weight is 317 g/mol. The Labute approximate surface area is 139 Å². The second kappa shape index (κ2) is 6.43. The molecule has 3 aromatic rings. The summed E-state index contributed by atoms with van der Waals surface area (Å²) in [6, 6.07) is 17.4. The number of rotatable bonds is 4. The fraction of sp³-hybridized carbons (Fsp3) is 0.100. The van der Waals surface area contributed by atoms with Crippen LogP contribution in [0.4, 0.5) is 5.69 Å². The third kappa shape index (κ3) is 2.68. The van der Waals surface area contributed by atoms with Gasteiger partial charge >= 0.3 is 5.97 Å². The van der Waals surface area contributed by atoms with Gasteiger partial charge in [0.05, 0.1) is 6.57 Å². The van der Waals surface area contributed by atoms with Crippen molar-refractivity contribution in [1.29, 1.82) is 0 Å². The molecule has 0 amide bonds. The van der Waals surface area contributed by atoms with Crippen LogP contribution < -0.4 is 0 Å². The van der Waals surface area contributed by atoms with E-state index < -0.39 is 5.97 Å². The molecule has 0 aliphatic rings. The zero-order valence-corrected chi connectivity index (χ0v) is 13.1. The van der Waals surface area contributed by atoms with Gasteiger partial charge in [0.1, 0.15) is 5.76 Å². The predicted molar refractivity (Wildman–Crippen MR) is 92.2 cm³/mol. The number of benzene rings is 2. The highest BCUT2D eigenvalue weighted by atomic mass is 16.4. The van der Waals surface area contributed by atoms with Gasteiger partial charge in [-0.3, -0.25) is 0 Å². The first-order chi connectivity index (χ1) is 11.7. The molecule has 1 N–H and O–H groups in total. The highest BCUT2D eigenvalue weighted by Crippen LogP contribution is 2.40. The molecule has 0 radical (unpaired) electrons. The average Bonchev–Trinajstić information content (AvgIpc) is 3.01.